The van der Waals surface area contributed by atoms with E-state index in [0.717, 1.165) is 6.42 Å². The number of carbonyl (C=O) groups is 2. The van der Waals surface area contributed by atoms with Crippen molar-refractivity contribution >= 4 is 11.9 Å². The van der Waals surface area contributed by atoms with E-state index in [1.54, 1.807) is 13.8 Å². The predicted octanol–water partition coefficient (Wildman–Crippen LogP) is 1.28. The van der Waals surface area contributed by atoms with Gasteiger partial charge in [-0.25, -0.2) is 4.79 Å². The van der Waals surface area contributed by atoms with Gasteiger partial charge in [-0.05, 0) is 27.2 Å². The summed E-state index contributed by atoms with van der Waals surface area (Å²) in [5.74, 6) is -0.785. The van der Waals surface area contributed by atoms with E-state index in [-0.39, 0.29) is 12.1 Å². The molecule has 0 bridgehead atoms. The molecule has 0 aromatic heterocycles. The Kier molecular flexibility index (Phi) is 2.83. The lowest BCUT2D eigenvalue weighted by molar-refractivity contribution is -0.213. The summed E-state index contributed by atoms with van der Waals surface area (Å²) in [4.78, 5) is 22.4. The van der Waals surface area contributed by atoms with Crippen molar-refractivity contribution in [2.24, 2.45) is 5.41 Å². The summed E-state index contributed by atoms with van der Waals surface area (Å²) in [6, 6.07) is 0. The molecule has 0 aliphatic carbocycles. The molecular formula is C10H16O4. The van der Waals surface area contributed by atoms with Crippen LogP contribution >= 0.6 is 0 Å². The van der Waals surface area contributed by atoms with Crippen LogP contribution in [0.4, 0.5) is 0 Å². The Hall–Kier alpha value is -1.06. The lowest BCUT2D eigenvalue weighted by atomic mass is 9.81. The van der Waals surface area contributed by atoms with Crippen LogP contribution in [0, 0.1) is 5.41 Å². The minimum absolute atomic E-state index is 0.127. The second kappa shape index (κ2) is 3.59. The maximum atomic E-state index is 11.5. The first-order valence-corrected chi connectivity index (χ1v) is 4.81. The third-order valence-corrected chi connectivity index (χ3v) is 2.51. The van der Waals surface area contributed by atoms with Crippen LogP contribution in [0.3, 0.4) is 0 Å². The van der Waals surface area contributed by atoms with E-state index < -0.39 is 17.5 Å². The Morgan fingerprint density at radius 1 is 1.64 bits per heavy atom. The highest BCUT2D eigenvalue weighted by atomic mass is 16.6. The molecule has 4 heteroatoms. The minimum Gasteiger partial charge on any atom is -0.460 e. The molecule has 0 saturated carbocycles. The molecule has 1 rings (SSSR count). The van der Waals surface area contributed by atoms with E-state index in [9.17, 15) is 9.59 Å². The molecule has 0 aromatic carbocycles. The van der Waals surface area contributed by atoms with Crippen molar-refractivity contribution < 1.29 is 19.1 Å². The van der Waals surface area contributed by atoms with E-state index in [0.29, 0.717) is 0 Å². The maximum Gasteiger partial charge on any atom is 0.348 e. The number of hydrogen-bond acceptors (Lipinski definition) is 4. The molecule has 14 heavy (non-hydrogen) atoms. The van der Waals surface area contributed by atoms with Crippen LogP contribution in [-0.2, 0) is 19.1 Å². The number of ether oxygens (including phenoxy) is 2. The second-order valence-electron chi connectivity index (χ2n) is 4.16. The molecule has 0 N–H and O–H groups in total. The van der Waals surface area contributed by atoms with E-state index in [1.165, 1.54) is 0 Å². The summed E-state index contributed by atoms with van der Waals surface area (Å²) in [7, 11) is 0. The van der Waals surface area contributed by atoms with Crippen molar-refractivity contribution in [1.29, 1.82) is 0 Å². The lowest BCUT2D eigenvalue weighted by Crippen LogP contribution is -2.57. The van der Waals surface area contributed by atoms with E-state index in [2.05, 4.69) is 0 Å². The highest BCUT2D eigenvalue weighted by Gasteiger charge is 2.55. The number of esters is 2. The summed E-state index contributed by atoms with van der Waals surface area (Å²) in [5, 5.41) is 0. The van der Waals surface area contributed by atoms with Gasteiger partial charge < -0.3 is 9.47 Å². The molecule has 1 aliphatic heterocycles. The van der Waals surface area contributed by atoms with Crippen LogP contribution < -0.4 is 0 Å². The molecule has 1 aliphatic rings. The SMILES string of the molecule is CCC(C)OC(=O)[C@H]1OC(=O)C1(C)C. The Bertz CT molecular complexity index is 257. The molecule has 1 heterocycles. The van der Waals surface area contributed by atoms with Crippen LogP contribution in [0.2, 0.25) is 0 Å². The molecular weight excluding hydrogens is 184 g/mol. The van der Waals surface area contributed by atoms with Crippen LogP contribution in [0.1, 0.15) is 34.1 Å². The van der Waals surface area contributed by atoms with Crippen molar-refractivity contribution in [3.8, 4) is 0 Å². The van der Waals surface area contributed by atoms with Crippen molar-refractivity contribution in [1.82, 2.24) is 0 Å². The highest BCUT2D eigenvalue weighted by molar-refractivity contribution is 5.94. The molecule has 0 aromatic rings. The highest BCUT2D eigenvalue weighted by Crippen LogP contribution is 2.36. The molecule has 4 nitrogen and oxygen atoms in total. The topological polar surface area (TPSA) is 52.6 Å². The van der Waals surface area contributed by atoms with E-state index in [1.807, 2.05) is 13.8 Å². The van der Waals surface area contributed by atoms with Crippen molar-refractivity contribution in [3.63, 3.8) is 0 Å². The summed E-state index contributed by atoms with van der Waals surface area (Å²) >= 11 is 0. The smallest absolute Gasteiger partial charge is 0.348 e. The molecule has 0 radical (unpaired) electrons. The summed E-state index contributed by atoms with van der Waals surface area (Å²) in [6.07, 6.45) is -0.103. The summed E-state index contributed by atoms with van der Waals surface area (Å²) in [5.41, 5.74) is -0.732. The average Bonchev–Trinajstić information content (AvgIpc) is 2.13. The van der Waals surface area contributed by atoms with Gasteiger partial charge in [0.05, 0.1) is 6.10 Å². The Labute approximate surface area is 83.6 Å². The fraction of sp³-hybridized carbons (Fsp3) is 0.800. The predicted molar refractivity (Wildman–Crippen MR) is 49.5 cm³/mol. The van der Waals surface area contributed by atoms with Gasteiger partial charge in [-0.15, -0.1) is 0 Å². The first-order valence-electron chi connectivity index (χ1n) is 4.81. The largest absolute Gasteiger partial charge is 0.460 e. The van der Waals surface area contributed by atoms with Crippen LogP contribution in [0.15, 0.2) is 0 Å². The lowest BCUT2D eigenvalue weighted by Gasteiger charge is -2.39. The Balaban J connectivity index is 2.52. The van der Waals surface area contributed by atoms with Crippen LogP contribution in [0.25, 0.3) is 0 Å². The van der Waals surface area contributed by atoms with Gasteiger partial charge in [-0.1, -0.05) is 6.92 Å². The standard InChI is InChI=1S/C10H16O4/c1-5-6(2)13-8(11)7-10(3,4)9(12)14-7/h6-7H,5H2,1-4H3/t6?,7-/m1/s1. The Morgan fingerprint density at radius 3 is 2.57 bits per heavy atom. The summed E-state index contributed by atoms with van der Waals surface area (Å²) < 4.78 is 9.82. The molecule has 1 unspecified atom stereocenters. The van der Waals surface area contributed by atoms with Gasteiger partial charge in [0, 0.05) is 0 Å². The first-order chi connectivity index (χ1) is 6.39. The van der Waals surface area contributed by atoms with Crippen LogP contribution in [-0.4, -0.2) is 24.1 Å². The molecule has 1 saturated heterocycles. The van der Waals surface area contributed by atoms with E-state index >= 15 is 0 Å². The molecule has 0 amide bonds. The van der Waals surface area contributed by atoms with Gasteiger partial charge in [0.25, 0.3) is 0 Å². The third-order valence-electron chi connectivity index (χ3n) is 2.51. The zero-order valence-electron chi connectivity index (χ0n) is 8.99. The minimum atomic E-state index is -0.732. The van der Waals surface area contributed by atoms with Crippen LogP contribution in [0.5, 0.6) is 0 Å². The van der Waals surface area contributed by atoms with Gasteiger partial charge in [0.1, 0.15) is 5.41 Å². The molecule has 1 fully saturated rings. The zero-order chi connectivity index (χ0) is 10.9. The summed E-state index contributed by atoms with van der Waals surface area (Å²) in [6.45, 7) is 7.10. The molecule has 0 spiro atoms. The fourth-order valence-electron chi connectivity index (χ4n) is 1.14. The maximum absolute atomic E-state index is 11.5. The van der Waals surface area contributed by atoms with E-state index in [4.69, 9.17) is 9.47 Å². The van der Waals surface area contributed by atoms with Gasteiger partial charge in [0.15, 0.2) is 0 Å². The number of cyclic esters (lactones) is 1. The molecule has 80 valence electrons. The Morgan fingerprint density at radius 2 is 2.21 bits per heavy atom. The monoisotopic (exact) mass is 200 g/mol. The normalized spacial score (nSPS) is 26.0. The van der Waals surface area contributed by atoms with Crippen molar-refractivity contribution in [2.45, 2.75) is 46.3 Å². The quantitative estimate of drug-likeness (QED) is 0.644. The van der Waals surface area contributed by atoms with Gasteiger partial charge in [-0.3, -0.25) is 4.79 Å². The third kappa shape index (κ3) is 1.74. The average molecular weight is 200 g/mol. The fourth-order valence-corrected chi connectivity index (χ4v) is 1.14. The second-order valence-corrected chi connectivity index (χ2v) is 4.16. The van der Waals surface area contributed by atoms with Gasteiger partial charge in [-0.2, -0.15) is 0 Å². The van der Waals surface area contributed by atoms with Crippen molar-refractivity contribution in [2.75, 3.05) is 0 Å². The number of rotatable bonds is 3. The zero-order valence-corrected chi connectivity index (χ0v) is 8.99. The number of carbonyl (C=O) groups excluding carboxylic acids is 2. The number of hydrogen-bond donors (Lipinski definition) is 0. The molecule has 2 atom stereocenters. The van der Waals surface area contributed by atoms with Gasteiger partial charge >= 0.3 is 11.9 Å². The van der Waals surface area contributed by atoms with Gasteiger partial charge in [0.2, 0.25) is 6.10 Å². The first kappa shape index (κ1) is 11.0. The van der Waals surface area contributed by atoms with Crippen molar-refractivity contribution in [3.05, 3.63) is 0 Å².